The van der Waals surface area contributed by atoms with Crippen LogP contribution in [-0.4, -0.2) is 3.42 Å². The van der Waals surface area contributed by atoms with Crippen LogP contribution in [0.2, 0.25) is 0 Å². The van der Waals surface area contributed by atoms with Crippen molar-refractivity contribution in [1.29, 1.82) is 0 Å². The summed E-state index contributed by atoms with van der Waals surface area (Å²) < 4.78 is 0.424. The number of aryl methyl sites for hydroxylation is 4. The van der Waals surface area contributed by atoms with Crippen LogP contribution in [0.4, 0.5) is 0 Å². The average Bonchev–Trinajstić information content (AvgIpc) is 2.63. The molecule has 3 atom stereocenters. The van der Waals surface area contributed by atoms with Crippen LogP contribution in [0.3, 0.4) is 0 Å². The molecule has 0 amide bonds. The van der Waals surface area contributed by atoms with Crippen molar-refractivity contribution in [1.82, 2.24) is 0 Å². The standard InChI is InChI=1S/C29H51I/c1-22(2)12-9-13-23(3)14-10-15-24(4)16-11-18-29(8,30)19-17-28-21-26(6)25(5)20-27(28)7/h20-24H,9-19H2,1-8H3. The van der Waals surface area contributed by atoms with E-state index in [-0.39, 0.29) is 0 Å². The lowest BCUT2D eigenvalue weighted by molar-refractivity contribution is 0.382. The van der Waals surface area contributed by atoms with E-state index in [9.17, 15) is 0 Å². The molecule has 174 valence electrons. The third-order valence-corrected chi connectivity index (χ3v) is 8.21. The number of benzene rings is 1. The second-order valence-corrected chi connectivity index (χ2v) is 13.7. The molecule has 0 aliphatic heterocycles. The molecule has 1 heteroatoms. The molecule has 1 aromatic carbocycles. The third-order valence-electron chi connectivity index (χ3n) is 7.14. The molecule has 0 heterocycles. The summed E-state index contributed by atoms with van der Waals surface area (Å²) in [7, 11) is 0. The first-order chi connectivity index (χ1) is 14.0. The van der Waals surface area contributed by atoms with Crippen LogP contribution in [0, 0.1) is 38.5 Å². The summed E-state index contributed by atoms with van der Waals surface area (Å²) in [5.41, 5.74) is 5.88. The van der Waals surface area contributed by atoms with Crippen molar-refractivity contribution in [2.75, 3.05) is 0 Å². The molecule has 0 nitrogen and oxygen atoms in total. The molecular weight excluding hydrogens is 475 g/mol. The van der Waals surface area contributed by atoms with Gasteiger partial charge in [0, 0.05) is 3.42 Å². The molecule has 3 unspecified atom stereocenters. The second-order valence-electron chi connectivity index (χ2n) is 11.1. The van der Waals surface area contributed by atoms with Crippen LogP contribution in [0.5, 0.6) is 0 Å². The van der Waals surface area contributed by atoms with E-state index >= 15 is 0 Å². The third kappa shape index (κ3) is 12.1. The van der Waals surface area contributed by atoms with Crippen molar-refractivity contribution in [3.8, 4) is 0 Å². The Hall–Kier alpha value is -0.0500. The summed E-state index contributed by atoms with van der Waals surface area (Å²) in [5, 5.41) is 0. The van der Waals surface area contributed by atoms with E-state index in [4.69, 9.17) is 0 Å². The van der Waals surface area contributed by atoms with Gasteiger partial charge in [-0.05, 0) is 80.0 Å². The lowest BCUT2D eigenvalue weighted by Crippen LogP contribution is -2.17. The lowest BCUT2D eigenvalue weighted by atomic mass is 9.89. The highest BCUT2D eigenvalue weighted by molar-refractivity contribution is 14.1. The summed E-state index contributed by atoms with van der Waals surface area (Å²) in [6.45, 7) is 18.8. The maximum Gasteiger partial charge on any atom is 0.0197 e. The molecule has 1 aromatic rings. The van der Waals surface area contributed by atoms with Gasteiger partial charge in [0.05, 0.1) is 0 Å². The lowest BCUT2D eigenvalue weighted by Gasteiger charge is -2.24. The van der Waals surface area contributed by atoms with Gasteiger partial charge in [-0.3, -0.25) is 0 Å². The normalized spacial score (nSPS) is 15.9. The van der Waals surface area contributed by atoms with Gasteiger partial charge in [-0.2, -0.15) is 0 Å². The monoisotopic (exact) mass is 526 g/mol. The minimum atomic E-state index is 0.424. The van der Waals surface area contributed by atoms with E-state index in [1.807, 2.05) is 0 Å². The number of hydrogen-bond donors (Lipinski definition) is 0. The molecule has 0 saturated heterocycles. The first-order valence-corrected chi connectivity index (χ1v) is 13.8. The van der Waals surface area contributed by atoms with E-state index < -0.39 is 0 Å². The van der Waals surface area contributed by atoms with E-state index in [0.29, 0.717) is 3.42 Å². The maximum atomic E-state index is 2.73. The van der Waals surface area contributed by atoms with Gasteiger partial charge in [-0.15, -0.1) is 0 Å². The van der Waals surface area contributed by atoms with Gasteiger partial charge < -0.3 is 0 Å². The zero-order valence-electron chi connectivity index (χ0n) is 21.5. The summed E-state index contributed by atoms with van der Waals surface area (Å²) in [6.07, 6.45) is 15.2. The summed E-state index contributed by atoms with van der Waals surface area (Å²) in [4.78, 5) is 0. The van der Waals surface area contributed by atoms with Crippen LogP contribution >= 0.6 is 22.6 Å². The highest BCUT2D eigenvalue weighted by atomic mass is 127. The Bertz CT molecular complexity index is 599. The van der Waals surface area contributed by atoms with Crippen LogP contribution in [0.1, 0.15) is 121 Å². The zero-order chi connectivity index (χ0) is 22.7. The fraction of sp³-hybridized carbons (Fsp3) is 0.793. The van der Waals surface area contributed by atoms with Crippen molar-refractivity contribution in [2.24, 2.45) is 17.8 Å². The molecule has 0 fully saturated rings. The van der Waals surface area contributed by atoms with Gasteiger partial charge in [-0.1, -0.05) is 121 Å². The summed E-state index contributed by atoms with van der Waals surface area (Å²) in [6, 6.07) is 4.78. The van der Waals surface area contributed by atoms with Gasteiger partial charge in [0.1, 0.15) is 0 Å². The van der Waals surface area contributed by atoms with Gasteiger partial charge >= 0.3 is 0 Å². The quantitative estimate of drug-likeness (QED) is 0.158. The van der Waals surface area contributed by atoms with Crippen LogP contribution < -0.4 is 0 Å². The Morgan fingerprint density at radius 2 is 1.20 bits per heavy atom. The fourth-order valence-corrected chi connectivity index (χ4v) is 5.26. The Labute approximate surface area is 203 Å². The van der Waals surface area contributed by atoms with Gasteiger partial charge in [-0.25, -0.2) is 0 Å². The van der Waals surface area contributed by atoms with Gasteiger partial charge in [0.15, 0.2) is 0 Å². The predicted molar refractivity (Wildman–Crippen MR) is 146 cm³/mol. The van der Waals surface area contributed by atoms with Crippen molar-refractivity contribution >= 4 is 22.6 Å². The number of halogens is 1. The van der Waals surface area contributed by atoms with E-state index in [1.54, 1.807) is 5.56 Å². The van der Waals surface area contributed by atoms with E-state index in [1.165, 1.54) is 87.3 Å². The molecular formula is C29H51I. The van der Waals surface area contributed by atoms with Crippen LogP contribution in [0.25, 0.3) is 0 Å². The van der Waals surface area contributed by atoms with Crippen molar-refractivity contribution < 1.29 is 0 Å². The van der Waals surface area contributed by atoms with Crippen molar-refractivity contribution in [3.05, 3.63) is 34.4 Å². The number of rotatable bonds is 15. The second kappa shape index (κ2) is 14.2. The Balaban J connectivity index is 2.22. The summed E-state index contributed by atoms with van der Waals surface area (Å²) in [5.74, 6) is 2.68. The molecule has 0 aliphatic carbocycles. The SMILES string of the molecule is Cc1cc(C)c(CCC(C)(I)CCCC(C)CCCC(C)CCCC(C)C)cc1C. The van der Waals surface area contributed by atoms with Crippen molar-refractivity contribution in [2.45, 2.75) is 129 Å². The minimum Gasteiger partial charge on any atom is -0.0792 e. The molecule has 0 saturated carbocycles. The van der Waals surface area contributed by atoms with E-state index in [0.717, 1.165) is 17.8 Å². The maximum absolute atomic E-state index is 2.73. The Kier molecular flexibility index (Phi) is 13.2. The smallest absolute Gasteiger partial charge is 0.0197 e. The molecule has 0 N–H and O–H groups in total. The molecule has 0 aromatic heterocycles. The first kappa shape index (κ1) is 28.0. The average molecular weight is 527 g/mol. The Morgan fingerprint density at radius 3 is 1.77 bits per heavy atom. The van der Waals surface area contributed by atoms with Gasteiger partial charge in [0.25, 0.3) is 0 Å². The predicted octanol–water partition coefficient (Wildman–Crippen LogP) is 10.2. The summed E-state index contributed by atoms with van der Waals surface area (Å²) >= 11 is 2.73. The fourth-order valence-electron chi connectivity index (χ4n) is 4.61. The number of alkyl halides is 1. The molecule has 30 heavy (non-hydrogen) atoms. The highest BCUT2D eigenvalue weighted by Crippen LogP contribution is 2.32. The molecule has 1 rings (SSSR count). The number of hydrogen-bond acceptors (Lipinski definition) is 0. The van der Waals surface area contributed by atoms with Crippen LogP contribution in [0.15, 0.2) is 12.1 Å². The molecule has 0 bridgehead atoms. The highest BCUT2D eigenvalue weighted by Gasteiger charge is 2.20. The molecule has 0 radical (unpaired) electrons. The Morgan fingerprint density at radius 1 is 0.700 bits per heavy atom. The van der Waals surface area contributed by atoms with Crippen LogP contribution in [-0.2, 0) is 6.42 Å². The topological polar surface area (TPSA) is 0 Å². The van der Waals surface area contributed by atoms with E-state index in [2.05, 4.69) is 90.1 Å². The minimum absolute atomic E-state index is 0.424. The van der Waals surface area contributed by atoms with Gasteiger partial charge in [0.2, 0.25) is 0 Å². The molecule has 0 aliphatic rings. The largest absolute Gasteiger partial charge is 0.0792 e. The van der Waals surface area contributed by atoms with Crippen molar-refractivity contribution in [3.63, 3.8) is 0 Å². The zero-order valence-corrected chi connectivity index (χ0v) is 23.7. The molecule has 0 spiro atoms. The first-order valence-electron chi connectivity index (χ1n) is 12.8.